The number of halogens is 3. The molecule has 0 aromatic heterocycles. The minimum atomic E-state index is 0. The summed E-state index contributed by atoms with van der Waals surface area (Å²) in [5, 5.41) is 0.816. The number of aryl methyl sites for hydroxylation is 2. The van der Waals surface area contributed by atoms with Crippen LogP contribution in [0, 0.1) is 0 Å². The summed E-state index contributed by atoms with van der Waals surface area (Å²) in [6.45, 7) is 2.11. The van der Waals surface area contributed by atoms with Crippen molar-refractivity contribution in [3.8, 4) is 0 Å². The Kier molecular flexibility index (Phi) is 8.38. The van der Waals surface area contributed by atoms with Crippen molar-refractivity contribution in [2.24, 2.45) is 0 Å². The van der Waals surface area contributed by atoms with Gasteiger partial charge in [-0.15, -0.1) is 24.8 Å². The highest BCUT2D eigenvalue weighted by molar-refractivity contribution is 6.30. The Morgan fingerprint density at radius 1 is 0.958 bits per heavy atom. The highest BCUT2D eigenvalue weighted by Crippen LogP contribution is 2.37. The Bertz CT molecular complexity index is 659. The molecule has 0 bridgehead atoms. The molecule has 0 unspecified atom stereocenters. The molecule has 0 saturated heterocycles. The Morgan fingerprint density at radius 3 is 2.33 bits per heavy atom. The van der Waals surface area contributed by atoms with Crippen LogP contribution in [-0.4, -0.2) is 32.1 Å². The van der Waals surface area contributed by atoms with Crippen molar-refractivity contribution in [2.45, 2.75) is 19.3 Å². The van der Waals surface area contributed by atoms with Crippen molar-refractivity contribution in [1.82, 2.24) is 4.90 Å². The molecule has 0 radical (unpaired) electrons. The lowest BCUT2D eigenvalue weighted by molar-refractivity contribution is 0.402. The van der Waals surface area contributed by atoms with Crippen molar-refractivity contribution in [1.29, 1.82) is 0 Å². The SMILES string of the molecule is CN(C)CCCN1c2ccccc2CCc2ccc(Cl)cc21.Cl.Cl. The predicted octanol–water partition coefficient (Wildman–Crippen LogP) is 5.37. The molecule has 1 heterocycles. The number of hydrogen-bond donors (Lipinski definition) is 0. The van der Waals surface area contributed by atoms with Gasteiger partial charge in [0.05, 0.1) is 0 Å². The van der Waals surface area contributed by atoms with E-state index in [9.17, 15) is 0 Å². The number of rotatable bonds is 4. The van der Waals surface area contributed by atoms with Crippen LogP contribution in [0.2, 0.25) is 5.02 Å². The smallest absolute Gasteiger partial charge is 0.0458 e. The van der Waals surface area contributed by atoms with E-state index in [1.165, 1.54) is 22.5 Å². The van der Waals surface area contributed by atoms with Gasteiger partial charge in [-0.1, -0.05) is 35.9 Å². The molecule has 0 fully saturated rings. The summed E-state index contributed by atoms with van der Waals surface area (Å²) in [4.78, 5) is 4.69. The zero-order chi connectivity index (χ0) is 15.5. The van der Waals surface area contributed by atoms with Gasteiger partial charge in [-0.2, -0.15) is 0 Å². The predicted molar refractivity (Wildman–Crippen MR) is 110 cm³/mol. The first-order valence-electron chi connectivity index (χ1n) is 7.94. The van der Waals surface area contributed by atoms with E-state index in [0.717, 1.165) is 37.4 Å². The molecule has 3 rings (SSSR count). The molecule has 1 aliphatic heterocycles. The fraction of sp³-hybridized carbons (Fsp3) is 0.368. The van der Waals surface area contributed by atoms with Crippen molar-refractivity contribution in [2.75, 3.05) is 32.1 Å². The fourth-order valence-electron chi connectivity index (χ4n) is 3.17. The topological polar surface area (TPSA) is 6.48 Å². The van der Waals surface area contributed by atoms with Gasteiger partial charge in [0.2, 0.25) is 0 Å². The fourth-order valence-corrected chi connectivity index (χ4v) is 3.34. The lowest BCUT2D eigenvalue weighted by Crippen LogP contribution is -2.24. The Balaban J connectivity index is 0.00000144. The molecule has 2 aromatic rings. The molecule has 132 valence electrons. The quantitative estimate of drug-likeness (QED) is 0.695. The summed E-state index contributed by atoms with van der Waals surface area (Å²) in [5.41, 5.74) is 5.43. The van der Waals surface area contributed by atoms with Crippen LogP contribution >= 0.6 is 36.4 Å². The van der Waals surface area contributed by atoms with Crippen LogP contribution in [-0.2, 0) is 12.8 Å². The molecule has 1 aliphatic rings. The third kappa shape index (κ3) is 4.80. The van der Waals surface area contributed by atoms with Crippen molar-refractivity contribution in [3.05, 3.63) is 58.6 Å². The number of fused-ring (bicyclic) bond motifs is 2. The van der Waals surface area contributed by atoms with Crippen molar-refractivity contribution in [3.63, 3.8) is 0 Å². The van der Waals surface area contributed by atoms with Crippen LogP contribution in [0.4, 0.5) is 11.4 Å². The van der Waals surface area contributed by atoms with Gasteiger partial charge in [0.1, 0.15) is 0 Å². The second-order valence-corrected chi connectivity index (χ2v) is 6.65. The number of anilines is 2. The third-order valence-electron chi connectivity index (χ3n) is 4.27. The maximum absolute atomic E-state index is 6.27. The Morgan fingerprint density at radius 2 is 1.62 bits per heavy atom. The summed E-state index contributed by atoms with van der Waals surface area (Å²) in [6, 6.07) is 15.1. The van der Waals surface area contributed by atoms with Crippen LogP contribution in [0.3, 0.4) is 0 Å². The third-order valence-corrected chi connectivity index (χ3v) is 4.51. The van der Waals surface area contributed by atoms with Gasteiger partial charge < -0.3 is 9.80 Å². The molecule has 5 heteroatoms. The largest absolute Gasteiger partial charge is 0.341 e. The van der Waals surface area contributed by atoms with Gasteiger partial charge >= 0.3 is 0 Å². The van der Waals surface area contributed by atoms with E-state index >= 15 is 0 Å². The first-order chi connectivity index (χ1) is 10.6. The monoisotopic (exact) mass is 386 g/mol. The molecule has 0 spiro atoms. The summed E-state index contributed by atoms with van der Waals surface area (Å²) in [5.74, 6) is 0. The molecule has 0 amide bonds. The van der Waals surface area contributed by atoms with E-state index in [2.05, 4.69) is 60.3 Å². The van der Waals surface area contributed by atoms with Gasteiger partial charge in [-0.05, 0) is 69.2 Å². The molecule has 0 aliphatic carbocycles. The van der Waals surface area contributed by atoms with Crippen LogP contribution in [0.25, 0.3) is 0 Å². The molecule has 0 saturated carbocycles. The second-order valence-electron chi connectivity index (χ2n) is 6.21. The number of para-hydroxylation sites is 1. The van der Waals surface area contributed by atoms with Crippen LogP contribution in [0.1, 0.15) is 17.5 Å². The van der Waals surface area contributed by atoms with Crippen molar-refractivity contribution < 1.29 is 0 Å². The second kappa shape index (κ2) is 9.53. The zero-order valence-electron chi connectivity index (χ0n) is 14.2. The standard InChI is InChI=1S/C19H23ClN2.2ClH/c1-21(2)12-5-13-22-18-7-4-3-6-15(18)8-9-16-10-11-17(20)14-19(16)22;;/h3-4,6-7,10-11,14H,5,8-9,12-13H2,1-2H3;2*1H. The molecule has 24 heavy (non-hydrogen) atoms. The first-order valence-corrected chi connectivity index (χ1v) is 8.31. The number of benzene rings is 2. The van der Waals surface area contributed by atoms with E-state index in [0.29, 0.717) is 0 Å². The van der Waals surface area contributed by atoms with Gasteiger partial charge in [0, 0.05) is 22.9 Å². The molecule has 2 aromatic carbocycles. The molecular weight excluding hydrogens is 363 g/mol. The first kappa shape index (κ1) is 21.1. The van der Waals surface area contributed by atoms with E-state index in [4.69, 9.17) is 11.6 Å². The normalized spacial score (nSPS) is 12.6. The maximum atomic E-state index is 6.27. The highest BCUT2D eigenvalue weighted by atomic mass is 35.5. The molecular formula is C19H25Cl3N2. The minimum Gasteiger partial charge on any atom is -0.341 e. The van der Waals surface area contributed by atoms with Gasteiger partial charge in [-0.3, -0.25) is 0 Å². The van der Waals surface area contributed by atoms with E-state index in [-0.39, 0.29) is 24.8 Å². The number of nitrogens with zero attached hydrogens (tertiary/aromatic N) is 2. The summed E-state index contributed by atoms with van der Waals surface area (Å²) >= 11 is 6.27. The Labute approximate surface area is 162 Å². The molecule has 0 atom stereocenters. The van der Waals surface area contributed by atoms with Crippen LogP contribution in [0.5, 0.6) is 0 Å². The Hall–Kier alpha value is -0.930. The summed E-state index contributed by atoms with van der Waals surface area (Å²) < 4.78 is 0. The summed E-state index contributed by atoms with van der Waals surface area (Å²) in [6.07, 6.45) is 3.30. The molecule has 2 nitrogen and oxygen atoms in total. The lowest BCUT2D eigenvalue weighted by Gasteiger charge is -2.27. The number of hydrogen-bond acceptors (Lipinski definition) is 2. The van der Waals surface area contributed by atoms with Gasteiger partial charge in [-0.25, -0.2) is 0 Å². The lowest BCUT2D eigenvalue weighted by atomic mass is 10.0. The van der Waals surface area contributed by atoms with E-state index in [1.807, 2.05) is 6.07 Å². The van der Waals surface area contributed by atoms with Crippen molar-refractivity contribution >= 4 is 47.8 Å². The average Bonchev–Trinajstić information content (AvgIpc) is 2.65. The average molecular weight is 388 g/mol. The maximum Gasteiger partial charge on any atom is 0.0458 e. The van der Waals surface area contributed by atoms with Crippen LogP contribution < -0.4 is 4.90 Å². The van der Waals surface area contributed by atoms with E-state index < -0.39 is 0 Å². The van der Waals surface area contributed by atoms with E-state index in [1.54, 1.807) is 0 Å². The highest BCUT2D eigenvalue weighted by Gasteiger charge is 2.20. The zero-order valence-corrected chi connectivity index (χ0v) is 16.6. The molecule has 0 N–H and O–H groups in total. The minimum absolute atomic E-state index is 0. The van der Waals surface area contributed by atoms with Gasteiger partial charge in [0.15, 0.2) is 0 Å². The van der Waals surface area contributed by atoms with Gasteiger partial charge in [0.25, 0.3) is 0 Å². The summed E-state index contributed by atoms with van der Waals surface area (Å²) in [7, 11) is 4.25. The van der Waals surface area contributed by atoms with Crippen LogP contribution in [0.15, 0.2) is 42.5 Å².